The second-order valence-electron chi connectivity index (χ2n) is 8.04. The normalized spacial score (nSPS) is 21.1. The lowest BCUT2D eigenvalue weighted by Crippen LogP contribution is -2.24. The number of phenols is 1. The molecule has 1 aliphatic carbocycles. The number of aromatic carboxylic acids is 1. The summed E-state index contributed by atoms with van der Waals surface area (Å²) >= 11 is 0. The summed E-state index contributed by atoms with van der Waals surface area (Å²) in [5.74, 6) is -1.14. The van der Waals surface area contributed by atoms with Gasteiger partial charge in [-0.15, -0.1) is 0 Å². The van der Waals surface area contributed by atoms with Gasteiger partial charge in [0.15, 0.2) is 23.0 Å². The topological polar surface area (TPSA) is 124 Å². The van der Waals surface area contributed by atoms with E-state index < -0.39 is 17.8 Å². The molecule has 2 aliphatic rings. The molecule has 0 saturated carbocycles. The highest BCUT2D eigenvalue weighted by Gasteiger charge is 2.40. The summed E-state index contributed by atoms with van der Waals surface area (Å²) in [6.07, 6.45) is -0.644. The van der Waals surface area contributed by atoms with E-state index in [1.165, 1.54) is 21.3 Å². The van der Waals surface area contributed by atoms with Crippen molar-refractivity contribution < 1.29 is 43.8 Å². The second kappa shape index (κ2) is 7.98. The first kappa shape index (κ1) is 21.9. The van der Waals surface area contributed by atoms with Gasteiger partial charge in [-0.3, -0.25) is 0 Å². The molecule has 0 amide bonds. The van der Waals surface area contributed by atoms with Gasteiger partial charge in [0.25, 0.3) is 0 Å². The van der Waals surface area contributed by atoms with Gasteiger partial charge in [0.05, 0.1) is 27.4 Å². The summed E-state index contributed by atoms with van der Waals surface area (Å²) in [4.78, 5) is 12.3. The first-order chi connectivity index (χ1) is 15.3. The summed E-state index contributed by atoms with van der Waals surface area (Å²) in [6.45, 7) is 3.80. The Morgan fingerprint density at radius 1 is 1.03 bits per heavy atom. The fourth-order valence-electron chi connectivity index (χ4n) is 4.64. The molecule has 0 spiro atoms. The highest BCUT2D eigenvalue weighted by Crippen LogP contribution is 2.59. The Morgan fingerprint density at radius 2 is 1.69 bits per heavy atom. The van der Waals surface area contributed by atoms with Gasteiger partial charge < -0.3 is 39.0 Å². The third-order valence-corrected chi connectivity index (χ3v) is 6.46. The maximum atomic E-state index is 12.3. The Morgan fingerprint density at radius 3 is 2.28 bits per heavy atom. The molecular formula is C23H26O9. The molecule has 2 aromatic carbocycles. The van der Waals surface area contributed by atoms with Crippen LogP contribution >= 0.6 is 0 Å². The maximum absolute atomic E-state index is 12.3. The van der Waals surface area contributed by atoms with Crippen molar-refractivity contribution in [2.45, 2.75) is 26.4 Å². The molecule has 32 heavy (non-hydrogen) atoms. The quantitative estimate of drug-likeness (QED) is 0.648. The Kier molecular flexibility index (Phi) is 5.46. The standard InChI is InChI=1S/C23H26O9/c1-9-6-11-14(21(29-4)22(30-5)18(25)16(11)23(26)27)15-12(17(24)10(9)2)7-13-19(20(15)28-3)32-8-31-13/h7,9-10,17,24-25H,6,8H2,1-5H3,(H,26,27)/t9-,10-,17-/m1/s1. The van der Waals surface area contributed by atoms with E-state index in [0.29, 0.717) is 33.8 Å². The van der Waals surface area contributed by atoms with Crippen molar-refractivity contribution in [3.63, 3.8) is 0 Å². The highest BCUT2D eigenvalue weighted by molar-refractivity contribution is 6.00. The monoisotopic (exact) mass is 446 g/mol. The molecule has 0 radical (unpaired) electrons. The number of benzene rings is 2. The molecule has 0 saturated heterocycles. The molecule has 3 N–H and O–H groups in total. The largest absolute Gasteiger partial charge is 0.504 e. The van der Waals surface area contributed by atoms with Crippen LogP contribution in [0.2, 0.25) is 0 Å². The molecular weight excluding hydrogens is 420 g/mol. The smallest absolute Gasteiger partial charge is 0.339 e. The van der Waals surface area contributed by atoms with Gasteiger partial charge in [0, 0.05) is 11.1 Å². The lowest BCUT2D eigenvalue weighted by atomic mass is 9.74. The summed E-state index contributed by atoms with van der Waals surface area (Å²) in [7, 11) is 4.17. The van der Waals surface area contributed by atoms with Crippen LogP contribution in [0.3, 0.4) is 0 Å². The van der Waals surface area contributed by atoms with Crippen molar-refractivity contribution in [3.8, 4) is 45.6 Å². The zero-order chi connectivity index (χ0) is 23.3. The van der Waals surface area contributed by atoms with E-state index in [4.69, 9.17) is 23.7 Å². The van der Waals surface area contributed by atoms with Crippen molar-refractivity contribution in [1.82, 2.24) is 0 Å². The Bertz CT molecular complexity index is 1090. The molecule has 0 unspecified atom stereocenters. The minimum atomic E-state index is -1.30. The molecule has 1 aliphatic heterocycles. The Labute approximate surface area is 185 Å². The van der Waals surface area contributed by atoms with Crippen molar-refractivity contribution in [2.75, 3.05) is 28.1 Å². The van der Waals surface area contributed by atoms with Crippen molar-refractivity contribution in [3.05, 3.63) is 22.8 Å². The number of methoxy groups -OCH3 is 3. The minimum absolute atomic E-state index is 0.0140. The lowest BCUT2D eigenvalue weighted by molar-refractivity contribution is 0.0689. The van der Waals surface area contributed by atoms with Crippen LogP contribution in [0, 0.1) is 11.8 Å². The number of fused-ring (bicyclic) bond motifs is 4. The molecule has 0 bridgehead atoms. The molecule has 4 rings (SSSR count). The highest BCUT2D eigenvalue weighted by atomic mass is 16.7. The number of carbonyl (C=O) groups is 1. The summed E-state index contributed by atoms with van der Waals surface area (Å²) in [6, 6.07) is 1.68. The van der Waals surface area contributed by atoms with E-state index in [0.717, 1.165) is 0 Å². The first-order valence-electron chi connectivity index (χ1n) is 10.2. The number of rotatable bonds is 4. The number of carboxylic acids is 1. The fourth-order valence-corrected chi connectivity index (χ4v) is 4.64. The van der Waals surface area contributed by atoms with E-state index in [-0.39, 0.29) is 47.9 Å². The maximum Gasteiger partial charge on any atom is 0.339 e. The van der Waals surface area contributed by atoms with Crippen LogP contribution in [0.15, 0.2) is 6.07 Å². The predicted molar refractivity (Wildman–Crippen MR) is 113 cm³/mol. The first-order valence-corrected chi connectivity index (χ1v) is 10.2. The van der Waals surface area contributed by atoms with Crippen LogP contribution in [-0.4, -0.2) is 49.4 Å². The zero-order valence-corrected chi connectivity index (χ0v) is 18.5. The second-order valence-corrected chi connectivity index (χ2v) is 8.04. The number of aliphatic hydroxyl groups excluding tert-OH is 1. The van der Waals surface area contributed by atoms with Crippen molar-refractivity contribution in [2.24, 2.45) is 11.8 Å². The summed E-state index contributed by atoms with van der Waals surface area (Å²) in [5, 5.41) is 32.1. The molecule has 3 atom stereocenters. The molecule has 9 nitrogen and oxygen atoms in total. The van der Waals surface area contributed by atoms with Gasteiger partial charge in [-0.25, -0.2) is 4.79 Å². The molecule has 172 valence electrons. The third-order valence-electron chi connectivity index (χ3n) is 6.46. The lowest BCUT2D eigenvalue weighted by Gasteiger charge is -2.33. The van der Waals surface area contributed by atoms with Gasteiger partial charge in [-0.05, 0) is 35.4 Å². The van der Waals surface area contributed by atoms with E-state index in [2.05, 4.69) is 0 Å². The predicted octanol–water partition coefficient (Wildman–Crippen LogP) is 3.37. The number of hydrogen-bond donors (Lipinski definition) is 3. The van der Waals surface area contributed by atoms with Crippen LogP contribution in [0.4, 0.5) is 0 Å². The van der Waals surface area contributed by atoms with Crippen molar-refractivity contribution in [1.29, 1.82) is 0 Å². The zero-order valence-electron chi connectivity index (χ0n) is 18.5. The van der Waals surface area contributed by atoms with Gasteiger partial charge in [-0.1, -0.05) is 13.8 Å². The number of hydrogen-bond acceptors (Lipinski definition) is 8. The molecule has 0 aromatic heterocycles. The average Bonchev–Trinajstić information content (AvgIpc) is 3.24. The van der Waals surface area contributed by atoms with Gasteiger partial charge >= 0.3 is 5.97 Å². The Balaban J connectivity index is 2.25. The van der Waals surface area contributed by atoms with E-state index >= 15 is 0 Å². The average molecular weight is 446 g/mol. The number of aliphatic hydroxyl groups is 1. The van der Waals surface area contributed by atoms with Crippen LogP contribution in [0.25, 0.3) is 11.1 Å². The van der Waals surface area contributed by atoms with E-state index in [1.807, 2.05) is 13.8 Å². The van der Waals surface area contributed by atoms with Gasteiger partial charge in [0.1, 0.15) is 5.56 Å². The van der Waals surface area contributed by atoms with E-state index in [1.54, 1.807) is 6.07 Å². The number of carboxylic acid groups (broad SMARTS) is 1. The molecule has 9 heteroatoms. The summed E-state index contributed by atoms with van der Waals surface area (Å²) in [5.41, 5.74) is 1.34. The fraction of sp³-hybridized carbons (Fsp3) is 0.435. The Hall–Kier alpha value is -3.33. The third kappa shape index (κ3) is 2.99. The van der Waals surface area contributed by atoms with Crippen LogP contribution < -0.4 is 23.7 Å². The summed E-state index contributed by atoms with van der Waals surface area (Å²) < 4.78 is 27.9. The van der Waals surface area contributed by atoms with Crippen LogP contribution in [0.1, 0.15) is 41.4 Å². The van der Waals surface area contributed by atoms with Gasteiger partial charge in [-0.2, -0.15) is 0 Å². The number of aromatic hydroxyl groups is 1. The molecule has 0 fully saturated rings. The van der Waals surface area contributed by atoms with Crippen LogP contribution in [-0.2, 0) is 6.42 Å². The van der Waals surface area contributed by atoms with E-state index in [9.17, 15) is 20.1 Å². The molecule has 2 aromatic rings. The SMILES string of the molecule is COc1c(O)c(C(=O)O)c2c(c1OC)-c1c(cc3c(c1OC)OCO3)[C@H](O)[C@H](C)[C@H](C)C2. The minimum Gasteiger partial charge on any atom is -0.504 e. The van der Waals surface area contributed by atoms with Crippen molar-refractivity contribution >= 4 is 5.97 Å². The van der Waals surface area contributed by atoms with Gasteiger partial charge in [0.2, 0.25) is 18.3 Å². The number of ether oxygens (including phenoxy) is 5. The van der Waals surface area contributed by atoms with Crippen LogP contribution in [0.5, 0.6) is 34.5 Å². The molecule has 1 heterocycles.